The van der Waals surface area contributed by atoms with E-state index in [2.05, 4.69) is 15.5 Å². The van der Waals surface area contributed by atoms with Crippen LogP contribution >= 0.6 is 11.8 Å². The van der Waals surface area contributed by atoms with Gasteiger partial charge < -0.3 is 9.64 Å². The first-order valence-corrected chi connectivity index (χ1v) is 9.20. The van der Waals surface area contributed by atoms with Crippen LogP contribution in [0.25, 0.3) is 0 Å². The molecule has 0 N–H and O–H groups in total. The summed E-state index contributed by atoms with van der Waals surface area (Å²) in [5.41, 5.74) is 0.869. The van der Waals surface area contributed by atoms with E-state index < -0.39 is 5.97 Å². The Bertz CT molecular complexity index is 782. The molecule has 2 aromatic rings. The minimum Gasteiger partial charge on any atom is -0.465 e. The Balaban J connectivity index is 1.66. The summed E-state index contributed by atoms with van der Waals surface area (Å²) in [6, 6.07) is 6.14. The van der Waals surface area contributed by atoms with Gasteiger partial charge in [-0.3, -0.25) is 9.59 Å². The quantitative estimate of drug-likeness (QED) is 0.668. The highest BCUT2D eigenvalue weighted by molar-refractivity contribution is 8.00. The van der Waals surface area contributed by atoms with Crippen LogP contribution in [-0.4, -0.2) is 55.9 Å². The first-order valence-electron chi connectivity index (χ1n) is 8.15. The Labute approximate surface area is 153 Å². The minimum atomic E-state index is -0.418. The molecule has 26 heavy (non-hydrogen) atoms. The van der Waals surface area contributed by atoms with E-state index in [0.717, 1.165) is 5.56 Å². The number of thioether (sulfide) groups is 1. The lowest BCUT2D eigenvalue weighted by Gasteiger charge is -2.24. The largest absolute Gasteiger partial charge is 0.465 e. The van der Waals surface area contributed by atoms with Crippen LogP contribution in [0.5, 0.6) is 0 Å². The number of ether oxygens (including phenoxy) is 1. The molecule has 0 spiro atoms. The number of nitrogens with zero attached hydrogens (tertiary/aromatic N) is 5. The van der Waals surface area contributed by atoms with Crippen LogP contribution in [0.4, 0.5) is 4.39 Å². The third kappa shape index (κ3) is 4.18. The van der Waals surface area contributed by atoms with Crippen LogP contribution in [0.3, 0.4) is 0 Å². The van der Waals surface area contributed by atoms with E-state index in [4.69, 9.17) is 4.74 Å². The van der Waals surface area contributed by atoms with E-state index in [1.165, 1.54) is 28.6 Å². The number of benzene rings is 1. The predicted octanol–water partition coefficient (Wildman–Crippen LogP) is 1.19. The van der Waals surface area contributed by atoms with Crippen molar-refractivity contribution in [1.29, 1.82) is 0 Å². The second-order valence-electron chi connectivity index (χ2n) is 5.61. The average Bonchev–Trinajstić information content (AvgIpc) is 3.20. The van der Waals surface area contributed by atoms with Crippen LogP contribution in [0.2, 0.25) is 0 Å². The van der Waals surface area contributed by atoms with Crippen molar-refractivity contribution < 1.29 is 18.7 Å². The second kappa shape index (κ2) is 8.26. The molecule has 2 heterocycles. The third-order valence-electron chi connectivity index (χ3n) is 3.89. The van der Waals surface area contributed by atoms with Gasteiger partial charge in [0.15, 0.2) is 5.82 Å². The molecular weight excluding hydrogens is 361 g/mol. The van der Waals surface area contributed by atoms with Gasteiger partial charge in [-0.25, -0.2) is 9.07 Å². The Hall–Kier alpha value is -2.49. The molecule has 1 fully saturated rings. The van der Waals surface area contributed by atoms with Gasteiger partial charge in [0.05, 0.1) is 12.4 Å². The fourth-order valence-electron chi connectivity index (χ4n) is 2.67. The molecule has 138 valence electrons. The lowest BCUT2D eigenvalue weighted by atomic mass is 10.2. The number of carbonyl (C=O) groups excluding carboxylic acids is 2. The van der Waals surface area contributed by atoms with Crippen molar-refractivity contribution in [2.75, 3.05) is 18.9 Å². The summed E-state index contributed by atoms with van der Waals surface area (Å²) >= 11 is 1.50. The normalized spacial score (nSPS) is 16.9. The monoisotopic (exact) mass is 379 g/mol. The maximum atomic E-state index is 13.1. The van der Waals surface area contributed by atoms with Crippen molar-refractivity contribution in [3.05, 3.63) is 41.5 Å². The SMILES string of the molecule is CCOC(=O)Cn1nnnc1CCN1C(=O)CSC1c1ccc(F)cc1. The number of aromatic nitrogens is 4. The van der Waals surface area contributed by atoms with Crippen LogP contribution in [0, 0.1) is 5.82 Å². The molecule has 1 saturated heterocycles. The summed E-state index contributed by atoms with van der Waals surface area (Å²) in [6.45, 7) is 2.34. The van der Waals surface area contributed by atoms with Crippen LogP contribution in [-0.2, 0) is 27.3 Å². The number of hydrogen-bond acceptors (Lipinski definition) is 7. The topological polar surface area (TPSA) is 90.2 Å². The molecule has 1 aromatic carbocycles. The highest BCUT2D eigenvalue weighted by Gasteiger charge is 2.32. The molecule has 1 aliphatic heterocycles. The molecule has 3 rings (SSSR count). The number of esters is 1. The molecule has 8 nitrogen and oxygen atoms in total. The zero-order valence-corrected chi connectivity index (χ0v) is 15.0. The van der Waals surface area contributed by atoms with Gasteiger partial charge in [0.2, 0.25) is 5.91 Å². The molecule has 10 heteroatoms. The van der Waals surface area contributed by atoms with Gasteiger partial charge in [0, 0.05) is 13.0 Å². The van der Waals surface area contributed by atoms with Crippen molar-refractivity contribution in [2.24, 2.45) is 0 Å². The van der Waals surface area contributed by atoms with E-state index in [9.17, 15) is 14.0 Å². The molecule has 1 aliphatic rings. The summed E-state index contributed by atoms with van der Waals surface area (Å²) in [7, 11) is 0. The summed E-state index contributed by atoms with van der Waals surface area (Å²) < 4.78 is 19.4. The Kier molecular flexibility index (Phi) is 5.82. The molecule has 0 radical (unpaired) electrons. The number of hydrogen-bond donors (Lipinski definition) is 0. The molecule has 1 amide bonds. The van der Waals surface area contributed by atoms with Crippen LogP contribution in [0.15, 0.2) is 24.3 Å². The van der Waals surface area contributed by atoms with Gasteiger partial charge in [-0.1, -0.05) is 12.1 Å². The zero-order valence-electron chi connectivity index (χ0n) is 14.2. The first kappa shape index (κ1) is 18.3. The summed E-state index contributed by atoms with van der Waals surface area (Å²) in [6.07, 6.45) is 0.399. The summed E-state index contributed by atoms with van der Waals surface area (Å²) in [5, 5.41) is 11.1. The maximum absolute atomic E-state index is 13.1. The van der Waals surface area contributed by atoms with Crippen molar-refractivity contribution in [2.45, 2.75) is 25.3 Å². The van der Waals surface area contributed by atoms with E-state index in [0.29, 0.717) is 24.5 Å². The Morgan fingerprint density at radius 1 is 1.38 bits per heavy atom. The fraction of sp³-hybridized carbons (Fsp3) is 0.438. The molecule has 1 unspecified atom stereocenters. The Morgan fingerprint density at radius 3 is 2.88 bits per heavy atom. The number of rotatable bonds is 7. The van der Waals surface area contributed by atoms with Crippen molar-refractivity contribution in [3.63, 3.8) is 0 Å². The van der Waals surface area contributed by atoms with Crippen LogP contribution < -0.4 is 0 Å². The molecule has 1 aromatic heterocycles. The van der Waals surface area contributed by atoms with Gasteiger partial charge in [0.25, 0.3) is 0 Å². The van der Waals surface area contributed by atoms with Crippen molar-refractivity contribution in [3.8, 4) is 0 Å². The second-order valence-corrected chi connectivity index (χ2v) is 6.68. The summed E-state index contributed by atoms with van der Waals surface area (Å²) in [4.78, 5) is 25.6. The minimum absolute atomic E-state index is 0.00809. The zero-order chi connectivity index (χ0) is 18.5. The highest BCUT2D eigenvalue weighted by atomic mass is 32.2. The lowest BCUT2D eigenvalue weighted by Crippen LogP contribution is -2.31. The fourth-order valence-corrected chi connectivity index (χ4v) is 3.89. The molecule has 0 saturated carbocycles. The van der Waals surface area contributed by atoms with Gasteiger partial charge in [-0.05, 0) is 35.0 Å². The molecule has 0 bridgehead atoms. The molecule has 1 atom stereocenters. The van der Waals surface area contributed by atoms with Crippen molar-refractivity contribution >= 4 is 23.6 Å². The first-order chi connectivity index (χ1) is 12.6. The number of halogens is 1. The van der Waals surface area contributed by atoms with E-state index >= 15 is 0 Å². The van der Waals surface area contributed by atoms with Crippen LogP contribution in [0.1, 0.15) is 23.7 Å². The van der Waals surface area contributed by atoms with Gasteiger partial charge in [0.1, 0.15) is 17.7 Å². The number of amides is 1. The van der Waals surface area contributed by atoms with Gasteiger partial charge in [-0.15, -0.1) is 16.9 Å². The van der Waals surface area contributed by atoms with Crippen molar-refractivity contribution in [1.82, 2.24) is 25.1 Å². The number of carbonyl (C=O) groups is 2. The molecular formula is C16H18FN5O3S. The maximum Gasteiger partial charge on any atom is 0.327 e. The Morgan fingerprint density at radius 2 is 2.15 bits per heavy atom. The smallest absolute Gasteiger partial charge is 0.327 e. The van der Waals surface area contributed by atoms with E-state index in [1.54, 1.807) is 24.0 Å². The lowest BCUT2D eigenvalue weighted by molar-refractivity contribution is -0.144. The predicted molar refractivity (Wildman–Crippen MR) is 91.5 cm³/mol. The number of tetrazole rings is 1. The highest BCUT2D eigenvalue weighted by Crippen LogP contribution is 2.38. The summed E-state index contributed by atoms with van der Waals surface area (Å²) in [5.74, 6) is 0.149. The standard InChI is InChI=1S/C16H18FN5O3S/c1-2-25-15(24)9-22-13(18-19-20-22)7-8-21-14(23)10-26-16(21)11-3-5-12(17)6-4-11/h3-6,16H,2,7-10H2,1H3. The van der Waals surface area contributed by atoms with Gasteiger partial charge in [-0.2, -0.15) is 0 Å². The van der Waals surface area contributed by atoms with E-state index in [-0.39, 0.29) is 30.2 Å². The average molecular weight is 379 g/mol. The third-order valence-corrected chi connectivity index (χ3v) is 5.15. The molecule has 0 aliphatic carbocycles. The van der Waals surface area contributed by atoms with E-state index in [1.807, 2.05) is 0 Å². The van der Waals surface area contributed by atoms with Gasteiger partial charge >= 0.3 is 5.97 Å².